The van der Waals surface area contributed by atoms with E-state index in [1.165, 1.54) is 5.56 Å². The Morgan fingerprint density at radius 3 is 2.23 bits per heavy atom. The summed E-state index contributed by atoms with van der Waals surface area (Å²) in [7, 11) is 0. The molecule has 3 N–H and O–H groups in total. The minimum Gasteiger partial charge on any atom is -0.457 e. The first-order valence-corrected chi connectivity index (χ1v) is 7.24. The summed E-state index contributed by atoms with van der Waals surface area (Å²) in [5.74, 6) is 1.92. The molecule has 1 aliphatic carbocycles. The smallest absolute Gasteiger partial charge is 0.338 e. The molecule has 0 heterocycles. The van der Waals surface area contributed by atoms with Crippen molar-refractivity contribution in [3.05, 3.63) is 60.2 Å². The summed E-state index contributed by atoms with van der Waals surface area (Å²) in [5, 5.41) is 10.1. The first-order valence-electron chi connectivity index (χ1n) is 7.24. The van der Waals surface area contributed by atoms with Crippen LogP contribution in [0, 0.1) is 0 Å². The van der Waals surface area contributed by atoms with Gasteiger partial charge in [0, 0.05) is 0 Å². The molecule has 0 atom stereocenters. The number of ether oxygens (including phenoxy) is 1. The number of carbonyl (C=O) groups is 1. The van der Waals surface area contributed by atoms with Gasteiger partial charge in [0.25, 0.3) is 0 Å². The Hall–Kier alpha value is -2.53. The lowest BCUT2D eigenvalue weighted by molar-refractivity contribution is -0.102. The van der Waals surface area contributed by atoms with Gasteiger partial charge in [0.15, 0.2) is 0 Å². The lowest BCUT2D eigenvalue weighted by atomic mass is 9.76. The first kappa shape index (κ1) is 14.4. The highest BCUT2D eigenvalue weighted by atomic mass is 16.5. The molecule has 2 aromatic rings. The molecule has 2 amide bonds. The van der Waals surface area contributed by atoms with E-state index in [0.29, 0.717) is 11.0 Å². The van der Waals surface area contributed by atoms with E-state index in [1.54, 1.807) is 0 Å². The van der Waals surface area contributed by atoms with Crippen molar-refractivity contribution in [1.82, 2.24) is 5.06 Å². The molecule has 3 rings (SSSR count). The fourth-order valence-electron chi connectivity index (χ4n) is 2.67. The quantitative estimate of drug-likeness (QED) is 0.670. The number of urea groups is 1. The van der Waals surface area contributed by atoms with Crippen molar-refractivity contribution in [2.45, 2.75) is 24.8 Å². The predicted molar refractivity (Wildman–Crippen MR) is 81.9 cm³/mol. The lowest BCUT2D eigenvalue weighted by Gasteiger charge is -2.39. The summed E-state index contributed by atoms with van der Waals surface area (Å²) in [6.45, 7) is 0. The number of hydrogen-bond donors (Lipinski definition) is 2. The van der Waals surface area contributed by atoms with Crippen LogP contribution < -0.4 is 10.5 Å². The van der Waals surface area contributed by atoms with Gasteiger partial charge in [-0.3, -0.25) is 5.21 Å². The minimum absolute atomic E-state index is 0.178. The summed E-state index contributed by atoms with van der Waals surface area (Å²) >= 11 is 0. The van der Waals surface area contributed by atoms with E-state index >= 15 is 0 Å². The maximum absolute atomic E-state index is 10.9. The van der Waals surface area contributed by atoms with Crippen molar-refractivity contribution >= 4 is 6.03 Å². The van der Waals surface area contributed by atoms with E-state index in [1.807, 2.05) is 54.6 Å². The van der Waals surface area contributed by atoms with Gasteiger partial charge in [0.1, 0.15) is 11.5 Å². The number of amides is 2. The summed E-state index contributed by atoms with van der Waals surface area (Å²) in [4.78, 5) is 10.9. The molecular formula is C17H18N2O3. The molecule has 1 aliphatic rings. The largest absolute Gasteiger partial charge is 0.457 e. The number of hydroxylamine groups is 2. The van der Waals surface area contributed by atoms with Crippen LogP contribution in [0.4, 0.5) is 4.79 Å². The third-order valence-electron chi connectivity index (χ3n) is 4.02. The molecule has 0 bridgehead atoms. The lowest BCUT2D eigenvalue weighted by Crippen LogP contribution is -2.47. The minimum atomic E-state index is -0.796. The molecule has 0 spiro atoms. The predicted octanol–water partition coefficient (Wildman–Crippen LogP) is 3.49. The zero-order valence-corrected chi connectivity index (χ0v) is 12.1. The second-order valence-corrected chi connectivity index (χ2v) is 5.49. The van der Waals surface area contributed by atoms with E-state index in [0.717, 1.165) is 24.3 Å². The van der Waals surface area contributed by atoms with E-state index < -0.39 is 6.03 Å². The number of nitrogens with two attached hydrogens (primary N) is 1. The zero-order valence-electron chi connectivity index (χ0n) is 12.1. The Labute approximate surface area is 128 Å². The number of benzene rings is 2. The van der Waals surface area contributed by atoms with Crippen molar-refractivity contribution in [1.29, 1.82) is 0 Å². The highest BCUT2D eigenvalue weighted by molar-refractivity contribution is 5.71. The monoisotopic (exact) mass is 298 g/mol. The fourth-order valence-corrected chi connectivity index (χ4v) is 2.67. The van der Waals surface area contributed by atoms with Crippen LogP contribution in [0.5, 0.6) is 11.5 Å². The molecule has 5 heteroatoms. The topological polar surface area (TPSA) is 75.8 Å². The van der Waals surface area contributed by atoms with Crippen molar-refractivity contribution in [2.24, 2.45) is 5.73 Å². The second-order valence-electron chi connectivity index (χ2n) is 5.49. The summed E-state index contributed by atoms with van der Waals surface area (Å²) < 4.78 is 5.75. The van der Waals surface area contributed by atoms with Crippen molar-refractivity contribution in [3.63, 3.8) is 0 Å². The zero-order chi connectivity index (χ0) is 15.5. The van der Waals surface area contributed by atoms with Crippen LogP contribution in [0.3, 0.4) is 0 Å². The Morgan fingerprint density at radius 1 is 1.05 bits per heavy atom. The van der Waals surface area contributed by atoms with Gasteiger partial charge in [0.2, 0.25) is 0 Å². The van der Waals surface area contributed by atoms with E-state index in [2.05, 4.69) is 0 Å². The fraction of sp³-hybridized carbons (Fsp3) is 0.235. The maximum atomic E-state index is 10.9. The number of carbonyl (C=O) groups excluding carboxylic acids is 1. The highest BCUT2D eigenvalue weighted by Gasteiger charge is 2.35. The van der Waals surface area contributed by atoms with Crippen LogP contribution in [-0.4, -0.2) is 22.3 Å². The van der Waals surface area contributed by atoms with E-state index in [9.17, 15) is 10.0 Å². The molecule has 1 fully saturated rings. The second kappa shape index (κ2) is 6.07. The first-order chi connectivity index (χ1) is 10.6. The van der Waals surface area contributed by atoms with Crippen LogP contribution in [0.2, 0.25) is 0 Å². The molecule has 1 saturated carbocycles. The van der Waals surface area contributed by atoms with Gasteiger partial charge in [-0.15, -0.1) is 0 Å². The Morgan fingerprint density at radius 2 is 1.64 bits per heavy atom. The van der Waals surface area contributed by atoms with Crippen molar-refractivity contribution in [2.75, 3.05) is 0 Å². The van der Waals surface area contributed by atoms with E-state index in [4.69, 9.17) is 10.5 Å². The number of hydrogen-bond acceptors (Lipinski definition) is 3. The van der Waals surface area contributed by atoms with Crippen LogP contribution in [0.15, 0.2) is 54.6 Å². The maximum Gasteiger partial charge on any atom is 0.338 e. The molecule has 0 aliphatic heterocycles. The van der Waals surface area contributed by atoms with Gasteiger partial charge < -0.3 is 10.5 Å². The molecular weight excluding hydrogens is 280 g/mol. The molecule has 0 unspecified atom stereocenters. The average molecular weight is 298 g/mol. The van der Waals surface area contributed by atoms with Gasteiger partial charge in [-0.25, -0.2) is 9.86 Å². The molecule has 22 heavy (non-hydrogen) atoms. The van der Waals surface area contributed by atoms with Crippen LogP contribution in [0.25, 0.3) is 0 Å². The van der Waals surface area contributed by atoms with Gasteiger partial charge in [-0.2, -0.15) is 0 Å². The Kier molecular flexibility index (Phi) is 3.98. The Bertz CT molecular complexity index is 637. The standard InChI is InChI=1S/C17H18N2O3/c18-17(20)19(21)14-10-13(11-14)12-6-8-16(9-7-12)22-15-4-2-1-3-5-15/h1-9,13-14,21H,10-11H2,(H2,18,20)/t13-,14+. The Balaban J connectivity index is 1.58. The van der Waals surface area contributed by atoms with Gasteiger partial charge in [-0.05, 0) is 48.6 Å². The van der Waals surface area contributed by atoms with Gasteiger partial charge in [0.05, 0.1) is 6.04 Å². The number of rotatable bonds is 4. The third kappa shape index (κ3) is 3.04. The molecule has 0 saturated heterocycles. The van der Waals surface area contributed by atoms with Crippen molar-refractivity contribution in [3.8, 4) is 11.5 Å². The molecule has 114 valence electrons. The van der Waals surface area contributed by atoms with Crippen LogP contribution in [0.1, 0.15) is 24.3 Å². The SMILES string of the molecule is NC(=O)N(O)[C@H]1C[C@@H](c2ccc(Oc3ccccc3)cc2)C1. The van der Waals surface area contributed by atoms with Crippen LogP contribution in [-0.2, 0) is 0 Å². The average Bonchev–Trinajstić information content (AvgIpc) is 2.48. The molecule has 5 nitrogen and oxygen atoms in total. The molecule has 0 aromatic heterocycles. The normalized spacial score (nSPS) is 20.0. The van der Waals surface area contributed by atoms with E-state index in [-0.39, 0.29) is 6.04 Å². The molecule has 0 radical (unpaired) electrons. The van der Waals surface area contributed by atoms with Crippen LogP contribution >= 0.6 is 0 Å². The summed E-state index contributed by atoms with van der Waals surface area (Å²) in [5.41, 5.74) is 6.22. The summed E-state index contributed by atoms with van der Waals surface area (Å²) in [6, 6.07) is 16.5. The van der Waals surface area contributed by atoms with Crippen molar-refractivity contribution < 1.29 is 14.7 Å². The summed E-state index contributed by atoms with van der Waals surface area (Å²) in [6.07, 6.45) is 1.44. The van der Waals surface area contributed by atoms with Gasteiger partial charge >= 0.3 is 6.03 Å². The molecule has 2 aromatic carbocycles. The number of nitrogens with zero attached hydrogens (tertiary/aromatic N) is 1. The number of para-hydroxylation sites is 1. The highest BCUT2D eigenvalue weighted by Crippen LogP contribution is 2.39. The van der Waals surface area contributed by atoms with Gasteiger partial charge in [-0.1, -0.05) is 30.3 Å². The third-order valence-corrected chi connectivity index (χ3v) is 4.02. The number of primary amides is 1.